The van der Waals surface area contributed by atoms with Gasteiger partial charge in [0.25, 0.3) is 0 Å². The summed E-state index contributed by atoms with van der Waals surface area (Å²) in [7, 11) is 0. The number of carbonyl (C=O) groups excluding carboxylic acids is 3. The van der Waals surface area contributed by atoms with Crippen molar-refractivity contribution < 1.29 is 23.9 Å². The van der Waals surface area contributed by atoms with E-state index < -0.39 is 17.7 Å². The first-order chi connectivity index (χ1) is 18.5. The van der Waals surface area contributed by atoms with Crippen molar-refractivity contribution in [3.63, 3.8) is 0 Å². The molecule has 8 nitrogen and oxygen atoms in total. The number of hydrogen-bond donors (Lipinski definition) is 1. The van der Waals surface area contributed by atoms with Crippen molar-refractivity contribution in [3.8, 4) is 0 Å². The van der Waals surface area contributed by atoms with E-state index >= 15 is 0 Å². The van der Waals surface area contributed by atoms with Crippen LogP contribution in [-0.4, -0.2) is 71.8 Å². The molecule has 1 aromatic rings. The van der Waals surface area contributed by atoms with Crippen LogP contribution in [0.25, 0.3) is 0 Å². The highest BCUT2D eigenvalue weighted by Gasteiger charge is 2.47. The Kier molecular flexibility index (Phi) is 9.35. The minimum Gasteiger partial charge on any atom is -0.447 e. The second-order valence-corrected chi connectivity index (χ2v) is 13.0. The summed E-state index contributed by atoms with van der Waals surface area (Å²) in [6.45, 7) is 9.76. The molecular weight excluding hydrogens is 518 g/mol. The lowest BCUT2D eigenvalue weighted by molar-refractivity contribution is -0.137. The molecule has 0 aromatic heterocycles. The van der Waals surface area contributed by atoms with Crippen LogP contribution in [0.15, 0.2) is 24.3 Å². The zero-order valence-electron chi connectivity index (χ0n) is 23.8. The number of rotatable bonds is 7. The predicted octanol–water partition coefficient (Wildman–Crippen LogP) is 5.81. The summed E-state index contributed by atoms with van der Waals surface area (Å²) in [6, 6.07) is 6.64. The number of ether oxygens (including phenoxy) is 2. The molecule has 0 unspecified atom stereocenters. The molecule has 3 amide bonds. The summed E-state index contributed by atoms with van der Waals surface area (Å²) >= 11 is 6.06. The first kappa shape index (κ1) is 29.5. The topological polar surface area (TPSA) is 88.2 Å². The van der Waals surface area contributed by atoms with Crippen molar-refractivity contribution in [1.82, 2.24) is 15.1 Å². The molecule has 3 fully saturated rings. The Hall–Kier alpha value is -2.48. The van der Waals surface area contributed by atoms with Crippen LogP contribution in [0, 0.1) is 11.3 Å². The number of amides is 3. The molecule has 1 aromatic carbocycles. The smallest absolute Gasteiger partial charge is 0.410 e. The van der Waals surface area contributed by atoms with E-state index in [1.165, 1.54) is 32.1 Å². The van der Waals surface area contributed by atoms with Gasteiger partial charge in [0.1, 0.15) is 18.2 Å². The van der Waals surface area contributed by atoms with Crippen molar-refractivity contribution in [2.45, 2.75) is 96.7 Å². The van der Waals surface area contributed by atoms with Crippen LogP contribution >= 0.6 is 11.6 Å². The number of cyclic esters (lactones) is 1. The number of likely N-dealkylation sites (tertiary alicyclic amines) is 1. The van der Waals surface area contributed by atoms with Gasteiger partial charge in [0, 0.05) is 31.1 Å². The van der Waals surface area contributed by atoms with E-state index in [4.69, 9.17) is 21.1 Å². The van der Waals surface area contributed by atoms with Crippen LogP contribution in [0.4, 0.5) is 9.59 Å². The molecule has 39 heavy (non-hydrogen) atoms. The van der Waals surface area contributed by atoms with Gasteiger partial charge in [-0.15, -0.1) is 0 Å². The Bertz CT molecular complexity index is 1010. The quantitative estimate of drug-likeness (QED) is 0.454. The van der Waals surface area contributed by atoms with Gasteiger partial charge in [-0.1, -0.05) is 43.0 Å². The van der Waals surface area contributed by atoms with Crippen LogP contribution in [-0.2, 0) is 20.7 Å². The van der Waals surface area contributed by atoms with E-state index in [2.05, 4.69) is 5.32 Å². The third-order valence-corrected chi connectivity index (χ3v) is 8.84. The van der Waals surface area contributed by atoms with Gasteiger partial charge in [0.2, 0.25) is 5.91 Å². The normalized spacial score (nSPS) is 22.8. The van der Waals surface area contributed by atoms with E-state index in [-0.39, 0.29) is 23.5 Å². The van der Waals surface area contributed by atoms with Gasteiger partial charge in [-0.2, -0.15) is 0 Å². The molecule has 216 valence electrons. The number of piperidine rings is 1. The fraction of sp³-hybridized carbons (Fsp3) is 0.700. The fourth-order valence-electron chi connectivity index (χ4n) is 6.41. The van der Waals surface area contributed by atoms with Gasteiger partial charge in [-0.05, 0) is 82.4 Å². The largest absolute Gasteiger partial charge is 0.447 e. The van der Waals surface area contributed by atoms with E-state index in [0.717, 1.165) is 18.4 Å². The Balaban J connectivity index is 1.49. The van der Waals surface area contributed by atoms with Crippen molar-refractivity contribution in [3.05, 3.63) is 34.9 Å². The summed E-state index contributed by atoms with van der Waals surface area (Å²) in [6.07, 6.45) is 7.23. The molecule has 2 heterocycles. The van der Waals surface area contributed by atoms with Gasteiger partial charge in [0.05, 0.1) is 6.04 Å². The Morgan fingerprint density at radius 1 is 1.13 bits per heavy atom. The predicted molar refractivity (Wildman–Crippen MR) is 151 cm³/mol. The van der Waals surface area contributed by atoms with Gasteiger partial charge < -0.3 is 24.6 Å². The van der Waals surface area contributed by atoms with Crippen LogP contribution < -0.4 is 5.32 Å². The van der Waals surface area contributed by atoms with Crippen molar-refractivity contribution in [2.24, 2.45) is 11.3 Å². The monoisotopic (exact) mass is 561 g/mol. The van der Waals surface area contributed by atoms with Crippen molar-refractivity contribution in [1.29, 1.82) is 0 Å². The second-order valence-electron chi connectivity index (χ2n) is 12.6. The van der Waals surface area contributed by atoms with E-state index in [1.807, 2.05) is 28.9 Å². The molecule has 2 atom stereocenters. The molecule has 0 spiro atoms. The molecule has 1 N–H and O–H groups in total. The van der Waals surface area contributed by atoms with Crippen LogP contribution in [0.3, 0.4) is 0 Å². The maximum atomic E-state index is 13.9. The first-order valence-electron chi connectivity index (χ1n) is 14.4. The highest BCUT2D eigenvalue weighted by Crippen LogP contribution is 2.47. The summed E-state index contributed by atoms with van der Waals surface area (Å²) in [5.74, 6) is 0.427. The van der Waals surface area contributed by atoms with E-state index in [9.17, 15) is 14.4 Å². The number of carbonyl (C=O) groups is 3. The van der Waals surface area contributed by atoms with Crippen molar-refractivity contribution >= 4 is 29.7 Å². The molecule has 9 heteroatoms. The van der Waals surface area contributed by atoms with E-state index in [0.29, 0.717) is 43.6 Å². The average molecular weight is 562 g/mol. The molecule has 3 aliphatic rings. The summed E-state index contributed by atoms with van der Waals surface area (Å²) in [5, 5.41) is 3.45. The Morgan fingerprint density at radius 3 is 2.33 bits per heavy atom. The zero-order chi connectivity index (χ0) is 28.2. The fourth-order valence-corrected chi connectivity index (χ4v) is 6.54. The van der Waals surface area contributed by atoms with Crippen LogP contribution in [0.1, 0.15) is 78.2 Å². The molecule has 1 aliphatic carbocycles. The standard InChI is InChI=1S/C30H44ClN3O5/c1-21-19-38-28(37)34(21)20-30(23-8-6-5-7-9-23)14-16-33(17-15-30)26(35)25(32-27(36)39-29(2,3)4)18-22-10-12-24(31)13-11-22/h10-13,21,23,25H,5-9,14-20H2,1-4H3,(H,32,36)/t21-,25+/m0/s1. The SMILES string of the molecule is C[C@H]1COC(=O)N1CC1(C2CCCCC2)CCN(C(=O)[C@@H](Cc2ccc(Cl)cc2)NC(=O)OC(C)(C)C)CC1. The lowest BCUT2D eigenvalue weighted by Gasteiger charge is -2.50. The number of halogens is 1. The highest BCUT2D eigenvalue weighted by atomic mass is 35.5. The molecule has 2 aliphatic heterocycles. The molecule has 0 bridgehead atoms. The number of nitrogens with zero attached hydrogens (tertiary/aromatic N) is 2. The molecule has 0 radical (unpaired) electrons. The molecule has 4 rings (SSSR count). The maximum absolute atomic E-state index is 13.9. The second kappa shape index (κ2) is 12.4. The van der Waals surface area contributed by atoms with Gasteiger partial charge in [0.15, 0.2) is 0 Å². The van der Waals surface area contributed by atoms with Gasteiger partial charge >= 0.3 is 12.2 Å². The van der Waals surface area contributed by atoms with Gasteiger partial charge in [-0.3, -0.25) is 4.79 Å². The minimum atomic E-state index is -0.753. The minimum absolute atomic E-state index is 0.0287. The number of nitrogens with one attached hydrogen (secondary N) is 1. The van der Waals surface area contributed by atoms with Crippen LogP contribution in [0.5, 0.6) is 0 Å². The lowest BCUT2D eigenvalue weighted by Crippen LogP contribution is -2.56. The van der Waals surface area contributed by atoms with Gasteiger partial charge in [-0.25, -0.2) is 9.59 Å². The summed E-state index contributed by atoms with van der Waals surface area (Å²) in [5.41, 5.74) is 0.208. The van der Waals surface area contributed by atoms with Crippen LogP contribution in [0.2, 0.25) is 5.02 Å². The van der Waals surface area contributed by atoms with Crippen molar-refractivity contribution in [2.75, 3.05) is 26.2 Å². The number of hydrogen-bond acceptors (Lipinski definition) is 5. The average Bonchev–Trinajstić information content (AvgIpc) is 3.21. The first-order valence-corrected chi connectivity index (χ1v) is 14.8. The zero-order valence-corrected chi connectivity index (χ0v) is 24.6. The Labute approximate surface area is 237 Å². The van der Waals surface area contributed by atoms with E-state index in [1.54, 1.807) is 32.9 Å². The summed E-state index contributed by atoms with van der Waals surface area (Å²) < 4.78 is 10.8. The third kappa shape index (κ3) is 7.59. The number of benzene rings is 1. The number of alkyl carbamates (subject to hydrolysis) is 1. The molecular formula is C30H44ClN3O5. The Morgan fingerprint density at radius 2 is 1.77 bits per heavy atom. The highest BCUT2D eigenvalue weighted by molar-refractivity contribution is 6.30. The third-order valence-electron chi connectivity index (χ3n) is 8.58. The maximum Gasteiger partial charge on any atom is 0.410 e. The lowest BCUT2D eigenvalue weighted by atomic mass is 9.63. The molecule has 1 saturated carbocycles. The molecule has 2 saturated heterocycles. The summed E-state index contributed by atoms with van der Waals surface area (Å²) in [4.78, 5) is 42.8.